The van der Waals surface area contributed by atoms with Gasteiger partial charge in [0.1, 0.15) is 6.61 Å². The maximum absolute atomic E-state index is 11.3. The Morgan fingerprint density at radius 1 is 1.57 bits per heavy atom. The summed E-state index contributed by atoms with van der Waals surface area (Å²) < 4.78 is 3.26. The van der Waals surface area contributed by atoms with Gasteiger partial charge in [-0.2, -0.15) is 0 Å². The first-order valence-corrected chi connectivity index (χ1v) is 5.34. The zero-order valence-corrected chi connectivity index (χ0v) is 10.2. The van der Waals surface area contributed by atoms with Crippen molar-refractivity contribution in [1.82, 2.24) is 0 Å². The zero-order chi connectivity index (χ0) is 11.2. The van der Waals surface area contributed by atoms with Gasteiger partial charge in [0.2, 0.25) is 3.79 Å². The van der Waals surface area contributed by atoms with Gasteiger partial charge in [-0.05, 0) is 12.8 Å². The number of allylic oxidation sites excluding steroid dienone is 1. The monoisotopic (exact) mass is 258 g/mol. The molecule has 2 nitrogen and oxygen atoms in total. The lowest BCUT2D eigenvalue weighted by atomic mass is 10.1. The molecule has 0 unspecified atom stereocenters. The second-order valence-corrected chi connectivity index (χ2v) is 5.51. The van der Waals surface area contributed by atoms with Gasteiger partial charge in [0.05, 0.1) is 5.92 Å². The number of rotatable bonds is 5. The molecule has 0 aliphatic carbocycles. The number of carbonyl (C=O) groups is 1. The minimum absolute atomic E-state index is 0.194. The van der Waals surface area contributed by atoms with E-state index in [9.17, 15) is 4.79 Å². The Kier molecular flexibility index (Phi) is 6.58. The summed E-state index contributed by atoms with van der Waals surface area (Å²) in [5.74, 6) is -0.543. The molecular formula is C9H13Cl3O2. The summed E-state index contributed by atoms with van der Waals surface area (Å²) in [5.41, 5.74) is 0. The van der Waals surface area contributed by atoms with Crippen LogP contribution >= 0.6 is 34.8 Å². The molecule has 82 valence electrons. The Bertz CT molecular complexity index is 199. The summed E-state index contributed by atoms with van der Waals surface area (Å²) in [6.07, 6.45) is 3.21. The van der Waals surface area contributed by atoms with Crippen molar-refractivity contribution >= 4 is 40.8 Å². The lowest BCUT2D eigenvalue weighted by Crippen LogP contribution is -2.21. The quantitative estimate of drug-likeness (QED) is 0.429. The Morgan fingerprint density at radius 2 is 2.14 bits per heavy atom. The van der Waals surface area contributed by atoms with Gasteiger partial charge in [-0.1, -0.05) is 47.8 Å². The Morgan fingerprint density at radius 3 is 2.57 bits per heavy atom. The molecule has 1 atom stereocenters. The maximum Gasteiger partial charge on any atom is 0.308 e. The smallest absolute Gasteiger partial charge is 0.308 e. The number of hydrogen-bond acceptors (Lipinski definition) is 2. The Balaban J connectivity index is 3.78. The van der Waals surface area contributed by atoms with Crippen LogP contribution in [0.2, 0.25) is 0 Å². The van der Waals surface area contributed by atoms with Crippen LogP contribution in [0, 0.1) is 5.92 Å². The molecule has 0 heterocycles. The van der Waals surface area contributed by atoms with E-state index in [4.69, 9.17) is 39.5 Å². The predicted molar refractivity (Wildman–Crippen MR) is 59.8 cm³/mol. The predicted octanol–water partition coefficient (Wildman–Crippen LogP) is 3.50. The molecule has 0 saturated carbocycles. The van der Waals surface area contributed by atoms with E-state index >= 15 is 0 Å². The van der Waals surface area contributed by atoms with Crippen molar-refractivity contribution in [2.24, 2.45) is 5.92 Å². The van der Waals surface area contributed by atoms with Crippen molar-refractivity contribution in [3.63, 3.8) is 0 Å². The van der Waals surface area contributed by atoms with Crippen LogP contribution in [0.4, 0.5) is 0 Å². The van der Waals surface area contributed by atoms with Gasteiger partial charge in [-0.25, -0.2) is 0 Å². The first-order chi connectivity index (χ1) is 6.37. The second-order valence-electron chi connectivity index (χ2n) is 2.99. The van der Waals surface area contributed by atoms with Gasteiger partial charge < -0.3 is 4.74 Å². The number of carbonyl (C=O) groups excluding carboxylic acids is 1. The number of halogens is 3. The van der Waals surface area contributed by atoms with Crippen LogP contribution < -0.4 is 0 Å². The highest BCUT2D eigenvalue weighted by molar-refractivity contribution is 6.67. The number of alkyl halides is 3. The van der Waals surface area contributed by atoms with Crippen LogP contribution in [0.25, 0.3) is 0 Å². The van der Waals surface area contributed by atoms with Crippen LogP contribution in [0.1, 0.15) is 19.8 Å². The van der Waals surface area contributed by atoms with Crippen molar-refractivity contribution in [1.29, 1.82) is 0 Å². The summed E-state index contributed by atoms with van der Waals surface area (Å²) in [4.78, 5) is 11.3. The fraction of sp³-hybridized carbons (Fsp3) is 0.667. The topological polar surface area (TPSA) is 26.3 Å². The average Bonchev–Trinajstić information content (AvgIpc) is 2.09. The van der Waals surface area contributed by atoms with Crippen molar-refractivity contribution in [3.8, 4) is 0 Å². The molecule has 14 heavy (non-hydrogen) atoms. The summed E-state index contributed by atoms with van der Waals surface area (Å²) in [7, 11) is 0. The molecule has 0 aliphatic rings. The van der Waals surface area contributed by atoms with E-state index in [-0.39, 0.29) is 18.5 Å². The van der Waals surface area contributed by atoms with Crippen LogP contribution in [-0.4, -0.2) is 16.4 Å². The van der Waals surface area contributed by atoms with E-state index in [1.165, 1.54) is 0 Å². The number of ether oxygens (including phenoxy) is 1. The molecular weight excluding hydrogens is 246 g/mol. The van der Waals surface area contributed by atoms with Gasteiger partial charge in [0.15, 0.2) is 0 Å². The molecule has 0 spiro atoms. The van der Waals surface area contributed by atoms with E-state index in [0.717, 1.165) is 6.42 Å². The third kappa shape index (κ3) is 7.48. The van der Waals surface area contributed by atoms with E-state index in [1.807, 2.05) is 0 Å². The molecule has 0 fully saturated rings. The average molecular weight is 260 g/mol. The van der Waals surface area contributed by atoms with Crippen molar-refractivity contribution < 1.29 is 9.53 Å². The van der Waals surface area contributed by atoms with Gasteiger partial charge in [0, 0.05) is 0 Å². The van der Waals surface area contributed by atoms with Gasteiger partial charge in [-0.15, -0.1) is 6.58 Å². The SMILES string of the molecule is C=CCC[C@H](C)C(=O)OCC(Cl)(Cl)Cl. The lowest BCUT2D eigenvalue weighted by molar-refractivity contribution is -0.147. The fourth-order valence-corrected chi connectivity index (χ4v) is 0.945. The van der Waals surface area contributed by atoms with Crippen molar-refractivity contribution in [3.05, 3.63) is 12.7 Å². The van der Waals surface area contributed by atoms with Gasteiger partial charge in [0.25, 0.3) is 0 Å². The summed E-state index contributed by atoms with van der Waals surface area (Å²) in [6.45, 7) is 5.12. The lowest BCUT2D eigenvalue weighted by Gasteiger charge is -2.14. The van der Waals surface area contributed by atoms with E-state index < -0.39 is 3.79 Å². The van der Waals surface area contributed by atoms with Gasteiger partial charge >= 0.3 is 5.97 Å². The van der Waals surface area contributed by atoms with Crippen LogP contribution in [0.3, 0.4) is 0 Å². The highest BCUT2D eigenvalue weighted by Gasteiger charge is 2.23. The standard InChI is InChI=1S/C9H13Cl3O2/c1-3-4-5-7(2)8(13)14-6-9(10,11)12/h3,7H,1,4-6H2,2H3/t7-/m0/s1. The first kappa shape index (κ1) is 14.1. The molecule has 0 rings (SSSR count). The van der Waals surface area contributed by atoms with Crippen LogP contribution in [0.15, 0.2) is 12.7 Å². The molecule has 0 aromatic heterocycles. The zero-order valence-electron chi connectivity index (χ0n) is 7.93. The number of esters is 1. The van der Waals surface area contributed by atoms with E-state index in [0.29, 0.717) is 6.42 Å². The molecule has 0 aromatic carbocycles. The molecule has 0 saturated heterocycles. The van der Waals surface area contributed by atoms with Crippen LogP contribution in [-0.2, 0) is 9.53 Å². The Hall–Kier alpha value is 0.0800. The van der Waals surface area contributed by atoms with Crippen molar-refractivity contribution in [2.75, 3.05) is 6.61 Å². The third-order valence-corrected chi connectivity index (χ3v) is 1.91. The third-order valence-electron chi connectivity index (χ3n) is 1.58. The highest BCUT2D eigenvalue weighted by Crippen LogP contribution is 2.26. The molecule has 5 heteroatoms. The van der Waals surface area contributed by atoms with E-state index in [1.54, 1.807) is 13.0 Å². The summed E-state index contributed by atoms with van der Waals surface area (Å²) in [6, 6.07) is 0. The molecule has 0 aromatic rings. The minimum Gasteiger partial charge on any atom is -0.461 e. The molecule has 0 N–H and O–H groups in total. The second kappa shape index (κ2) is 6.54. The Labute approximate surface area is 99.2 Å². The largest absolute Gasteiger partial charge is 0.461 e. The summed E-state index contributed by atoms with van der Waals surface area (Å²) in [5, 5.41) is 0. The van der Waals surface area contributed by atoms with E-state index in [2.05, 4.69) is 6.58 Å². The molecule has 0 radical (unpaired) electrons. The minimum atomic E-state index is -1.53. The normalized spacial score (nSPS) is 13.4. The molecule has 0 aliphatic heterocycles. The first-order valence-electron chi connectivity index (χ1n) is 4.21. The van der Waals surface area contributed by atoms with Crippen LogP contribution in [0.5, 0.6) is 0 Å². The van der Waals surface area contributed by atoms with Gasteiger partial charge in [-0.3, -0.25) is 4.79 Å². The molecule has 0 bridgehead atoms. The number of hydrogen-bond donors (Lipinski definition) is 0. The fourth-order valence-electron chi connectivity index (χ4n) is 0.781. The summed E-state index contributed by atoms with van der Waals surface area (Å²) >= 11 is 16.3. The highest BCUT2D eigenvalue weighted by atomic mass is 35.6. The maximum atomic E-state index is 11.3. The van der Waals surface area contributed by atoms with Crippen molar-refractivity contribution in [2.45, 2.75) is 23.6 Å². The molecule has 0 amide bonds.